The summed E-state index contributed by atoms with van der Waals surface area (Å²) in [7, 11) is 0. The summed E-state index contributed by atoms with van der Waals surface area (Å²) >= 11 is 7.04. The molecule has 2 heterocycles. The van der Waals surface area contributed by atoms with Gasteiger partial charge in [0.15, 0.2) is 0 Å². The van der Waals surface area contributed by atoms with Crippen LogP contribution in [-0.4, -0.2) is 20.9 Å². The van der Waals surface area contributed by atoms with Gasteiger partial charge in [0, 0.05) is 11.1 Å². The summed E-state index contributed by atoms with van der Waals surface area (Å²) in [5.74, 6) is -0.280. The number of nitrogens with one attached hydrogen (secondary N) is 1. The summed E-state index contributed by atoms with van der Waals surface area (Å²) < 4.78 is 0. The molecule has 0 fully saturated rings. The van der Waals surface area contributed by atoms with Crippen molar-refractivity contribution in [1.82, 2.24) is 20.3 Å². The summed E-state index contributed by atoms with van der Waals surface area (Å²) in [6.07, 6.45) is 4.38. The Morgan fingerprint density at radius 1 is 1.38 bits per heavy atom. The molecule has 0 aliphatic heterocycles. The minimum atomic E-state index is -0.280. The van der Waals surface area contributed by atoms with Crippen LogP contribution in [0.3, 0.4) is 0 Å². The van der Waals surface area contributed by atoms with E-state index in [1.165, 1.54) is 23.7 Å². The number of hydrogen-bond donors (Lipinski definition) is 1. The Kier molecular flexibility index (Phi) is 3.43. The second kappa shape index (κ2) is 5.00. The molecular formula is C9H7ClN4OS. The Hall–Kier alpha value is -1.53. The first-order chi connectivity index (χ1) is 7.75. The summed E-state index contributed by atoms with van der Waals surface area (Å²) in [6, 6.07) is 0. The van der Waals surface area contributed by atoms with E-state index in [2.05, 4.69) is 20.3 Å². The van der Waals surface area contributed by atoms with Gasteiger partial charge in [-0.25, -0.2) is 9.97 Å². The van der Waals surface area contributed by atoms with Crippen LogP contribution < -0.4 is 5.32 Å². The highest BCUT2D eigenvalue weighted by Gasteiger charge is 2.07. The summed E-state index contributed by atoms with van der Waals surface area (Å²) in [5.41, 5.74) is 1.96. The Bertz CT molecular complexity index is 471. The van der Waals surface area contributed by atoms with E-state index in [1.807, 2.05) is 0 Å². The number of nitrogens with zero attached hydrogens (tertiary/aromatic N) is 3. The van der Waals surface area contributed by atoms with Crippen LogP contribution in [-0.2, 0) is 6.54 Å². The third-order valence-corrected chi connectivity index (χ3v) is 2.73. The monoisotopic (exact) mass is 254 g/mol. The zero-order chi connectivity index (χ0) is 11.4. The van der Waals surface area contributed by atoms with Crippen LogP contribution in [0.15, 0.2) is 24.1 Å². The third kappa shape index (κ3) is 2.74. The standard InChI is InChI=1S/C9H7ClN4OS/c10-8-4-12-7(3-13-8)9(15)14-2-6-1-11-5-16-6/h1,3-5H,2H2,(H,14,15). The summed E-state index contributed by atoms with van der Waals surface area (Å²) in [4.78, 5) is 24.1. The molecule has 5 nitrogen and oxygen atoms in total. The van der Waals surface area contributed by atoms with Gasteiger partial charge in [0.25, 0.3) is 5.91 Å². The quantitative estimate of drug-likeness (QED) is 0.902. The van der Waals surface area contributed by atoms with E-state index in [0.29, 0.717) is 6.54 Å². The van der Waals surface area contributed by atoms with Crippen molar-refractivity contribution < 1.29 is 4.79 Å². The van der Waals surface area contributed by atoms with E-state index in [1.54, 1.807) is 11.7 Å². The van der Waals surface area contributed by atoms with Crippen LogP contribution in [0.4, 0.5) is 0 Å². The second-order valence-electron chi connectivity index (χ2n) is 2.87. The minimum absolute atomic E-state index is 0.244. The number of hydrogen-bond acceptors (Lipinski definition) is 5. The molecule has 7 heteroatoms. The van der Waals surface area contributed by atoms with Crippen LogP contribution in [0.5, 0.6) is 0 Å². The van der Waals surface area contributed by atoms with E-state index in [0.717, 1.165) is 4.88 Å². The molecule has 0 unspecified atom stereocenters. The van der Waals surface area contributed by atoms with Crippen molar-refractivity contribution in [2.75, 3.05) is 0 Å². The second-order valence-corrected chi connectivity index (χ2v) is 4.23. The molecule has 2 aromatic heterocycles. The van der Waals surface area contributed by atoms with E-state index in [-0.39, 0.29) is 16.8 Å². The molecule has 0 atom stereocenters. The molecule has 0 saturated heterocycles. The zero-order valence-electron chi connectivity index (χ0n) is 8.05. The van der Waals surface area contributed by atoms with Gasteiger partial charge in [-0.1, -0.05) is 11.6 Å². The molecule has 2 aromatic rings. The summed E-state index contributed by atoms with van der Waals surface area (Å²) in [5, 5.41) is 2.97. The fraction of sp³-hybridized carbons (Fsp3) is 0.111. The molecular weight excluding hydrogens is 248 g/mol. The lowest BCUT2D eigenvalue weighted by molar-refractivity contribution is 0.0946. The van der Waals surface area contributed by atoms with Gasteiger partial charge in [-0.3, -0.25) is 9.78 Å². The van der Waals surface area contributed by atoms with Crippen molar-refractivity contribution in [3.63, 3.8) is 0 Å². The van der Waals surface area contributed by atoms with Gasteiger partial charge in [0.1, 0.15) is 10.8 Å². The normalized spacial score (nSPS) is 10.1. The number of aromatic nitrogens is 3. The Balaban J connectivity index is 1.95. The predicted octanol–water partition coefficient (Wildman–Crippen LogP) is 1.52. The maximum Gasteiger partial charge on any atom is 0.271 e. The topological polar surface area (TPSA) is 67.8 Å². The highest BCUT2D eigenvalue weighted by molar-refractivity contribution is 7.09. The van der Waals surface area contributed by atoms with Gasteiger partial charge in [-0.15, -0.1) is 11.3 Å². The minimum Gasteiger partial charge on any atom is -0.346 e. The Labute approximate surface area is 101 Å². The molecule has 0 aliphatic carbocycles. The first-order valence-electron chi connectivity index (χ1n) is 4.39. The van der Waals surface area contributed by atoms with Crippen molar-refractivity contribution in [2.24, 2.45) is 0 Å². The maximum atomic E-state index is 11.6. The molecule has 0 aromatic carbocycles. The van der Waals surface area contributed by atoms with Gasteiger partial charge in [0.05, 0.1) is 24.4 Å². The number of amides is 1. The molecule has 0 spiro atoms. The van der Waals surface area contributed by atoms with Gasteiger partial charge in [0.2, 0.25) is 0 Å². The number of halogens is 1. The van der Waals surface area contributed by atoms with Gasteiger partial charge >= 0.3 is 0 Å². The number of carbonyl (C=O) groups is 1. The zero-order valence-corrected chi connectivity index (χ0v) is 9.63. The van der Waals surface area contributed by atoms with E-state index >= 15 is 0 Å². The first-order valence-corrected chi connectivity index (χ1v) is 5.64. The molecule has 0 bridgehead atoms. The number of rotatable bonds is 3. The molecule has 0 radical (unpaired) electrons. The van der Waals surface area contributed by atoms with Crippen LogP contribution in [0.1, 0.15) is 15.4 Å². The van der Waals surface area contributed by atoms with Gasteiger partial charge in [-0.2, -0.15) is 0 Å². The molecule has 1 amide bonds. The van der Waals surface area contributed by atoms with Crippen molar-refractivity contribution in [2.45, 2.75) is 6.54 Å². The van der Waals surface area contributed by atoms with Crippen LogP contribution in [0.2, 0.25) is 5.15 Å². The Morgan fingerprint density at radius 2 is 2.25 bits per heavy atom. The highest BCUT2D eigenvalue weighted by atomic mass is 35.5. The Morgan fingerprint density at radius 3 is 2.88 bits per heavy atom. The van der Waals surface area contributed by atoms with Gasteiger partial charge in [-0.05, 0) is 0 Å². The van der Waals surface area contributed by atoms with Crippen LogP contribution in [0, 0.1) is 0 Å². The van der Waals surface area contributed by atoms with Crippen molar-refractivity contribution in [3.8, 4) is 0 Å². The lowest BCUT2D eigenvalue weighted by Gasteiger charge is -2.01. The average molecular weight is 255 g/mol. The van der Waals surface area contributed by atoms with Crippen molar-refractivity contribution in [1.29, 1.82) is 0 Å². The van der Waals surface area contributed by atoms with Crippen molar-refractivity contribution >= 4 is 28.8 Å². The fourth-order valence-corrected chi connectivity index (χ4v) is 1.65. The smallest absolute Gasteiger partial charge is 0.271 e. The van der Waals surface area contributed by atoms with Gasteiger partial charge < -0.3 is 5.32 Å². The fourth-order valence-electron chi connectivity index (χ4n) is 1.02. The van der Waals surface area contributed by atoms with Crippen molar-refractivity contribution in [3.05, 3.63) is 39.8 Å². The molecule has 1 N–H and O–H groups in total. The van der Waals surface area contributed by atoms with E-state index in [4.69, 9.17) is 11.6 Å². The number of thiazole rings is 1. The molecule has 0 aliphatic rings. The molecule has 82 valence electrons. The van der Waals surface area contributed by atoms with Crippen LogP contribution in [0.25, 0.3) is 0 Å². The first kappa shape index (κ1) is 11.0. The average Bonchev–Trinajstić information content (AvgIpc) is 2.80. The maximum absolute atomic E-state index is 11.6. The number of carbonyl (C=O) groups excluding carboxylic acids is 1. The van der Waals surface area contributed by atoms with Crippen LogP contribution >= 0.6 is 22.9 Å². The summed E-state index contributed by atoms with van der Waals surface area (Å²) in [6.45, 7) is 0.438. The molecule has 16 heavy (non-hydrogen) atoms. The highest BCUT2D eigenvalue weighted by Crippen LogP contribution is 2.05. The SMILES string of the molecule is O=C(NCc1cncs1)c1cnc(Cl)cn1. The third-order valence-electron chi connectivity index (χ3n) is 1.76. The predicted molar refractivity (Wildman–Crippen MR) is 60.3 cm³/mol. The lowest BCUT2D eigenvalue weighted by Crippen LogP contribution is -2.23. The lowest BCUT2D eigenvalue weighted by atomic mass is 10.4. The largest absolute Gasteiger partial charge is 0.346 e. The van der Waals surface area contributed by atoms with E-state index in [9.17, 15) is 4.79 Å². The molecule has 2 rings (SSSR count). The van der Waals surface area contributed by atoms with E-state index < -0.39 is 0 Å². The molecule has 0 saturated carbocycles.